The molecule has 0 aliphatic rings. The van der Waals surface area contributed by atoms with E-state index in [9.17, 15) is 0 Å². The number of benzene rings is 1. The van der Waals surface area contributed by atoms with Crippen LogP contribution in [0.5, 0.6) is 5.88 Å². The van der Waals surface area contributed by atoms with Crippen LogP contribution in [0.1, 0.15) is 11.3 Å². The molecule has 1 aromatic carbocycles. The van der Waals surface area contributed by atoms with Crippen LogP contribution in [-0.4, -0.2) is 12.1 Å². The van der Waals surface area contributed by atoms with Crippen molar-refractivity contribution in [2.75, 3.05) is 7.11 Å². The summed E-state index contributed by atoms with van der Waals surface area (Å²) in [6.07, 6.45) is 0. The van der Waals surface area contributed by atoms with E-state index in [-0.39, 0.29) is 0 Å². The average molecular weight is 202 g/mol. The van der Waals surface area contributed by atoms with Gasteiger partial charge in [-0.1, -0.05) is 12.1 Å². The van der Waals surface area contributed by atoms with E-state index in [1.165, 1.54) is 5.56 Å². The number of methoxy groups -OCH3 is 1. The second-order valence-electron chi connectivity index (χ2n) is 3.50. The second kappa shape index (κ2) is 3.87. The molecule has 0 bridgehead atoms. The normalized spacial score (nSPS) is 10.6. The van der Waals surface area contributed by atoms with Gasteiger partial charge in [0.25, 0.3) is 0 Å². The van der Waals surface area contributed by atoms with Crippen LogP contribution in [0.2, 0.25) is 0 Å². The first kappa shape index (κ1) is 9.93. The summed E-state index contributed by atoms with van der Waals surface area (Å²) in [6.45, 7) is 2.50. The molecule has 0 radical (unpaired) electrons. The Bertz CT molecular complexity index is 494. The van der Waals surface area contributed by atoms with Gasteiger partial charge in [0.1, 0.15) is 0 Å². The Kier molecular flexibility index (Phi) is 2.56. The van der Waals surface area contributed by atoms with E-state index in [1.807, 2.05) is 18.2 Å². The number of hydrogen-bond donors (Lipinski definition) is 1. The lowest BCUT2D eigenvalue weighted by Crippen LogP contribution is -2.01. The Labute approximate surface area is 88.9 Å². The van der Waals surface area contributed by atoms with Crippen molar-refractivity contribution < 1.29 is 4.74 Å². The number of fused-ring (bicyclic) bond motifs is 1. The highest BCUT2D eigenvalue weighted by molar-refractivity contribution is 5.89. The van der Waals surface area contributed by atoms with Gasteiger partial charge in [-0.3, -0.25) is 0 Å². The van der Waals surface area contributed by atoms with E-state index in [0.717, 1.165) is 16.5 Å². The van der Waals surface area contributed by atoms with Gasteiger partial charge in [0.15, 0.2) is 0 Å². The molecule has 0 amide bonds. The topological polar surface area (TPSA) is 48.1 Å². The quantitative estimate of drug-likeness (QED) is 0.810. The lowest BCUT2D eigenvalue weighted by molar-refractivity contribution is 0.402. The van der Waals surface area contributed by atoms with Gasteiger partial charge < -0.3 is 10.5 Å². The number of aromatic nitrogens is 1. The summed E-state index contributed by atoms with van der Waals surface area (Å²) in [5.74, 6) is 0.650. The summed E-state index contributed by atoms with van der Waals surface area (Å²) in [6, 6.07) is 8.10. The maximum absolute atomic E-state index is 5.60. The molecule has 0 fully saturated rings. The standard InChI is InChI=1S/C12H14N2O/c1-8-4-3-5-10-11(8)6-9(7-13)14-12(10)15-2/h3-6H,7,13H2,1-2H3. The zero-order chi connectivity index (χ0) is 10.8. The summed E-state index contributed by atoms with van der Waals surface area (Å²) in [5, 5.41) is 2.19. The summed E-state index contributed by atoms with van der Waals surface area (Å²) in [7, 11) is 1.63. The molecular formula is C12H14N2O. The zero-order valence-electron chi connectivity index (χ0n) is 8.95. The van der Waals surface area contributed by atoms with Crippen LogP contribution < -0.4 is 10.5 Å². The minimum atomic E-state index is 0.431. The third kappa shape index (κ3) is 1.66. The molecule has 2 aromatic rings. The third-order valence-corrected chi connectivity index (χ3v) is 2.51. The molecule has 2 rings (SSSR count). The van der Waals surface area contributed by atoms with Crippen molar-refractivity contribution >= 4 is 10.8 Å². The highest BCUT2D eigenvalue weighted by Gasteiger charge is 2.06. The number of rotatable bonds is 2. The minimum absolute atomic E-state index is 0.431. The van der Waals surface area contributed by atoms with Crippen LogP contribution >= 0.6 is 0 Å². The smallest absolute Gasteiger partial charge is 0.221 e. The molecule has 0 aliphatic carbocycles. The Morgan fingerprint density at radius 2 is 2.13 bits per heavy atom. The Morgan fingerprint density at radius 3 is 2.80 bits per heavy atom. The van der Waals surface area contributed by atoms with E-state index in [0.29, 0.717) is 12.4 Å². The summed E-state index contributed by atoms with van der Waals surface area (Å²) < 4.78 is 5.26. The van der Waals surface area contributed by atoms with E-state index >= 15 is 0 Å². The van der Waals surface area contributed by atoms with E-state index in [1.54, 1.807) is 7.11 Å². The number of aryl methyl sites for hydroxylation is 1. The van der Waals surface area contributed by atoms with Crippen LogP contribution in [-0.2, 0) is 6.54 Å². The summed E-state index contributed by atoms with van der Waals surface area (Å²) in [5.41, 5.74) is 7.66. The first-order valence-electron chi connectivity index (χ1n) is 4.89. The predicted octanol–water partition coefficient (Wildman–Crippen LogP) is 2.01. The molecule has 2 N–H and O–H groups in total. The molecular weight excluding hydrogens is 188 g/mol. The van der Waals surface area contributed by atoms with Crippen molar-refractivity contribution in [3.8, 4) is 5.88 Å². The summed E-state index contributed by atoms with van der Waals surface area (Å²) >= 11 is 0. The number of pyridine rings is 1. The minimum Gasteiger partial charge on any atom is -0.481 e. The Hall–Kier alpha value is -1.61. The molecule has 3 nitrogen and oxygen atoms in total. The van der Waals surface area contributed by atoms with Crippen LogP contribution in [0.25, 0.3) is 10.8 Å². The maximum atomic E-state index is 5.60. The molecule has 0 spiro atoms. The molecule has 1 heterocycles. The Morgan fingerprint density at radius 1 is 1.33 bits per heavy atom. The number of nitrogens with two attached hydrogens (primary N) is 1. The van der Waals surface area contributed by atoms with Gasteiger partial charge in [0, 0.05) is 11.9 Å². The SMILES string of the molecule is COc1nc(CN)cc2c(C)cccc12. The highest BCUT2D eigenvalue weighted by atomic mass is 16.5. The maximum Gasteiger partial charge on any atom is 0.221 e. The molecule has 0 unspecified atom stereocenters. The Balaban J connectivity index is 2.80. The molecule has 15 heavy (non-hydrogen) atoms. The van der Waals surface area contributed by atoms with Crippen LogP contribution in [0, 0.1) is 6.92 Å². The zero-order valence-corrected chi connectivity index (χ0v) is 8.95. The lowest BCUT2D eigenvalue weighted by atomic mass is 10.1. The van der Waals surface area contributed by atoms with Gasteiger partial charge in [-0.15, -0.1) is 0 Å². The van der Waals surface area contributed by atoms with Crippen molar-refractivity contribution in [3.05, 3.63) is 35.5 Å². The van der Waals surface area contributed by atoms with E-state index in [4.69, 9.17) is 10.5 Å². The van der Waals surface area contributed by atoms with Gasteiger partial charge in [-0.25, -0.2) is 4.98 Å². The second-order valence-corrected chi connectivity index (χ2v) is 3.50. The molecule has 78 valence electrons. The first-order chi connectivity index (χ1) is 7.26. The average Bonchev–Trinajstić information content (AvgIpc) is 2.28. The molecule has 1 aromatic heterocycles. The molecule has 3 heteroatoms. The third-order valence-electron chi connectivity index (χ3n) is 2.51. The molecule has 0 aliphatic heterocycles. The fraction of sp³-hybridized carbons (Fsp3) is 0.250. The van der Waals surface area contributed by atoms with Crippen LogP contribution in [0.15, 0.2) is 24.3 Å². The predicted molar refractivity (Wildman–Crippen MR) is 60.9 cm³/mol. The lowest BCUT2D eigenvalue weighted by Gasteiger charge is -2.08. The summed E-state index contributed by atoms with van der Waals surface area (Å²) in [4.78, 5) is 4.33. The van der Waals surface area contributed by atoms with E-state index < -0.39 is 0 Å². The van der Waals surface area contributed by atoms with Crippen molar-refractivity contribution in [3.63, 3.8) is 0 Å². The van der Waals surface area contributed by atoms with Gasteiger partial charge in [-0.05, 0) is 30.0 Å². The number of nitrogens with zero attached hydrogens (tertiary/aromatic N) is 1. The van der Waals surface area contributed by atoms with Crippen molar-refractivity contribution in [2.24, 2.45) is 5.73 Å². The number of ether oxygens (including phenoxy) is 1. The number of hydrogen-bond acceptors (Lipinski definition) is 3. The fourth-order valence-corrected chi connectivity index (χ4v) is 1.71. The van der Waals surface area contributed by atoms with Gasteiger partial charge in [0.2, 0.25) is 5.88 Å². The van der Waals surface area contributed by atoms with Crippen molar-refractivity contribution in [1.82, 2.24) is 4.98 Å². The monoisotopic (exact) mass is 202 g/mol. The van der Waals surface area contributed by atoms with E-state index in [2.05, 4.69) is 18.0 Å². The van der Waals surface area contributed by atoms with Crippen molar-refractivity contribution in [1.29, 1.82) is 0 Å². The van der Waals surface area contributed by atoms with Crippen LogP contribution in [0.3, 0.4) is 0 Å². The largest absolute Gasteiger partial charge is 0.481 e. The molecule has 0 saturated heterocycles. The van der Waals surface area contributed by atoms with Gasteiger partial charge >= 0.3 is 0 Å². The molecule has 0 saturated carbocycles. The van der Waals surface area contributed by atoms with Crippen LogP contribution in [0.4, 0.5) is 0 Å². The first-order valence-corrected chi connectivity index (χ1v) is 4.89. The van der Waals surface area contributed by atoms with Crippen molar-refractivity contribution in [2.45, 2.75) is 13.5 Å². The van der Waals surface area contributed by atoms with Gasteiger partial charge in [0.05, 0.1) is 12.8 Å². The fourth-order valence-electron chi connectivity index (χ4n) is 1.71. The highest BCUT2D eigenvalue weighted by Crippen LogP contribution is 2.26. The van der Waals surface area contributed by atoms with Gasteiger partial charge in [-0.2, -0.15) is 0 Å². The molecule has 0 atom stereocenters.